The molecule has 0 saturated heterocycles. The zero-order chi connectivity index (χ0) is 18.7. The molecule has 25 heavy (non-hydrogen) atoms. The lowest BCUT2D eigenvalue weighted by atomic mass is 10.2. The third kappa shape index (κ3) is 9.67. The van der Waals surface area contributed by atoms with Gasteiger partial charge in [-0.2, -0.15) is 11.8 Å². The van der Waals surface area contributed by atoms with E-state index in [0.29, 0.717) is 0 Å². The molecule has 140 valence electrons. The van der Waals surface area contributed by atoms with Gasteiger partial charge in [0.15, 0.2) is 0 Å². The van der Waals surface area contributed by atoms with Crippen LogP contribution in [0.2, 0.25) is 0 Å². The van der Waals surface area contributed by atoms with Crippen LogP contribution in [0.15, 0.2) is 47.9 Å². The standard InChI is InChI=1S/C11H21N2S.C7H8O3S/c1-12-8-9-13(11-12)7-5-3-4-6-10-14-2;1-6-2-4-7(5-3-6)11(8,9)10/h8-9,11H,3-7,10H2,1-2H3;2-5H,1H3,(H,8,9,10)/q+1;/p-1. The fourth-order valence-electron chi connectivity index (χ4n) is 2.23. The minimum atomic E-state index is -4.27. The van der Waals surface area contributed by atoms with Gasteiger partial charge >= 0.3 is 0 Å². The molecule has 0 saturated carbocycles. The van der Waals surface area contributed by atoms with Crippen molar-refractivity contribution in [3.8, 4) is 0 Å². The van der Waals surface area contributed by atoms with Crippen molar-refractivity contribution < 1.29 is 17.5 Å². The smallest absolute Gasteiger partial charge is 0.243 e. The van der Waals surface area contributed by atoms with E-state index in [1.807, 2.05) is 18.7 Å². The van der Waals surface area contributed by atoms with Crippen LogP contribution in [-0.4, -0.2) is 29.5 Å². The molecule has 2 rings (SSSR count). The van der Waals surface area contributed by atoms with Crippen molar-refractivity contribution in [3.05, 3.63) is 48.5 Å². The second-order valence-electron chi connectivity index (χ2n) is 5.99. The number of rotatable bonds is 8. The van der Waals surface area contributed by atoms with Crippen molar-refractivity contribution in [2.24, 2.45) is 7.05 Å². The quantitative estimate of drug-likeness (QED) is 0.398. The van der Waals surface area contributed by atoms with Gasteiger partial charge in [0.05, 0.1) is 18.5 Å². The molecule has 0 unspecified atom stereocenters. The predicted octanol–water partition coefficient (Wildman–Crippen LogP) is 3.14. The molecule has 1 heterocycles. The van der Waals surface area contributed by atoms with E-state index in [1.54, 1.807) is 12.1 Å². The third-order valence-electron chi connectivity index (χ3n) is 3.65. The number of benzene rings is 1. The summed E-state index contributed by atoms with van der Waals surface area (Å²) in [6.07, 6.45) is 14.0. The first-order chi connectivity index (χ1) is 11.8. The molecule has 2 aromatic rings. The summed E-state index contributed by atoms with van der Waals surface area (Å²) in [4.78, 5) is -0.178. The zero-order valence-electron chi connectivity index (χ0n) is 15.2. The van der Waals surface area contributed by atoms with E-state index in [0.717, 1.165) is 5.56 Å². The number of thioether (sulfide) groups is 1. The molecule has 0 atom stereocenters. The van der Waals surface area contributed by atoms with E-state index in [9.17, 15) is 13.0 Å². The molecule has 0 aliphatic carbocycles. The van der Waals surface area contributed by atoms with Crippen molar-refractivity contribution in [2.75, 3.05) is 12.0 Å². The average molecular weight is 385 g/mol. The normalized spacial score (nSPS) is 11.0. The predicted molar refractivity (Wildman–Crippen MR) is 102 cm³/mol. The van der Waals surface area contributed by atoms with Crippen molar-refractivity contribution in [1.29, 1.82) is 0 Å². The van der Waals surface area contributed by atoms with E-state index in [-0.39, 0.29) is 4.90 Å². The molecule has 0 aliphatic heterocycles. The molecule has 0 radical (unpaired) electrons. The Morgan fingerprint density at radius 1 is 1.12 bits per heavy atom. The van der Waals surface area contributed by atoms with Crippen molar-refractivity contribution in [2.45, 2.75) is 44.0 Å². The summed E-state index contributed by atoms with van der Waals surface area (Å²) < 4.78 is 35.5. The maximum absolute atomic E-state index is 10.4. The van der Waals surface area contributed by atoms with Crippen LogP contribution >= 0.6 is 11.8 Å². The third-order valence-corrected chi connectivity index (χ3v) is 5.19. The van der Waals surface area contributed by atoms with Crippen molar-refractivity contribution in [3.63, 3.8) is 0 Å². The van der Waals surface area contributed by atoms with Gasteiger partial charge in [0, 0.05) is 0 Å². The number of hydrogen-bond acceptors (Lipinski definition) is 4. The highest BCUT2D eigenvalue weighted by Gasteiger charge is 1.99. The van der Waals surface area contributed by atoms with Crippen LogP contribution in [0.3, 0.4) is 0 Å². The molecule has 1 aromatic carbocycles. The van der Waals surface area contributed by atoms with Gasteiger partial charge in [-0.05, 0) is 50.3 Å². The van der Waals surface area contributed by atoms with Gasteiger partial charge in [0.1, 0.15) is 22.5 Å². The van der Waals surface area contributed by atoms with Gasteiger partial charge in [-0.15, -0.1) is 0 Å². The van der Waals surface area contributed by atoms with Gasteiger partial charge in [-0.25, -0.2) is 17.6 Å². The Hall–Kier alpha value is -1.31. The van der Waals surface area contributed by atoms with Crippen LogP contribution in [0.4, 0.5) is 0 Å². The maximum Gasteiger partial charge on any atom is 0.243 e. The highest BCUT2D eigenvalue weighted by atomic mass is 32.2. The number of nitrogens with zero attached hydrogens (tertiary/aromatic N) is 2. The molecule has 0 bridgehead atoms. The summed E-state index contributed by atoms with van der Waals surface area (Å²) in [5, 5.41) is 0. The molecule has 5 nitrogen and oxygen atoms in total. The van der Waals surface area contributed by atoms with Gasteiger partial charge < -0.3 is 4.55 Å². The van der Waals surface area contributed by atoms with Crippen molar-refractivity contribution >= 4 is 21.9 Å². The molecular weight excluding hydrogens is 356 g/mol. The zero-order valence-corrected chi connectivity index (χ0v) is 16.9. The SMILES string of the molecule is CSCCCCCCn1cc[n+](C)c1.Cc1ccc(S(=O)(=O)[O-])cc1. The summed E-state index contributed by atoms with van der Waals surface area (Å²) in [6.45, 7) is 2.99. The minimum Gasteiger partial charge on any atom is -0.744 e. The number of hydrogen-bond donors (Lipinski definition) is 0. The van der Waals surface area contributed by atoms with E-state index in [1.165, 1.54) is 50.1 Å². The summed E-state index contributed by atoms with van der Waals surface area (Å²) in [7, 11) is -2.21. The summed E-state index contributed by atoms with van der Waals surface area (Å²) in [5.74, 6) is 1.32. The molecule has 0 fully saturated rings. The monoisotopic (exact) mass is 384 g/mol. The second-order valence-corrected chi connectivity index (χ2v) is 8.36. The molecule has 0 spiro atoms. The lowest BCUT2D eigenvalue weighted by molar-refractivity contribution is -0.671. The van der Waals surface area contributed by atoms with Gasteiger partial charge in [0.25, 0.3) is 0 Å². The largest absolute Gasteiger partial charge is 0.744 e. The van der Waals surface area contributed by atoms with Crippen LogP contribution in [0, 0.1) is 6.92 Å². The Labute approximate surface area is 155 Å². The molecule has 0 amide bonds. The Kier molecular flexibility index (Phi) is 9.85. The summed E-state index contributed by atoms with van der Waals surface area (Å²) >= 11 is 1.95. The minimum absolute atomic E-state index is 0.178. The number of imidazole rings is 1. The first-order valence-corrected chi connectivity index (χ1v) is 11.2. The molecule has 0 aliphatic rings. The number of unbranched alkanes of at least 4 members (excludes halogenated alkanes) is 3. The molecular formula is C18H28N2O3S2. The summed E-state index contributed by atoms with van der Waals surface area (Å²) in [6, 6.07) is 5.78. The summed E-state index contributed by atoms with van der Waals surface area (Å²) in [5.41, 5.74) is 0.928. The van der Waals surface area contributed by atoms with Crippen LogP contribution in [0.1, 0.15) is 31.2 Å². The van der Waals surface area contributed by atoms with Gasteiger partial charge in [-0.1, -0.05) is 24.1 Å². The first-order valence-electron chi connectivity index (χ1n) is 8.35. The Balaban J connectivity index is 0.000000257. The topological polar surface area (TPSA) is 66.0 Å². The Morgan fingerprint density at radius 3 is 2.28 bits per heavy atom. The van der Waals surface area contributed by atoms with E-state index in [2.05, 4.69) is 41.2 Å². The van der Waals surface area contributed by atoms with Crippen LogP contribution in [0.5, 0.6) is 0 Å². The highest BCUT2D eigenvalue weighted by Crippen LogP contribution is 2.08. The van der Waals surface area contributed by atoms with Crippen molar-refractivity contribution in [1.82, 2.24) is 4.57 Å². The second kappa shape index (κ2) is 11.3. The van der Waals surface area contributed by atoms with E-state index >= 15 is 0 Å². The fraction of sp³-hybridized carbons (Fsp3) is 0.500. The Bertz CT molecular complexity index is 710. The van der Waals surface area contributed by atoms with E-state index in [4.69, 9.17) is 0 Å². The van der Waals surface area contributed by atoms with Crippen LogP contribution in [-0.2, 0) is 23.7 Å². The lowest BCUT2D eigenvalue weighted by Crippen LogP contribution is -2.23. The molecule has 0 N–H and O–H groups in total. The van der Waals surface area contributed by atoms with Crippen LogP contribution in [0.25, 0.3) is 0 Å². The van der Waals surface area contributed by atoms with Gasteiger partial charge in [0.2, 0.25) is 6.33 Å². The number of aromatic nitrogens is 2. The highest BCUT2D eigenvalue weighted by molar-refractivity contribution is 7.98. The first kappa shape index (κ1) is 21.7. The Morgan fingerprint density at radius 2 is 1.76 bits per heavy atom. The lowest BCUT2D eigenvalue weighted by Gasteiger charge is -2.05. The van der Waals surface area contributed by atoms with E-state index < -0.39 is 10.1 Å². The average Bonchev–Trinajstić information content (AvgIpc) is 2.96. The van der Waals surface area contributed by atoms with Crippen LogP contribution < -0.4 is 4.57 Å². The fourth-order valence-corrected chi connectivity index (χ4v) is 3.20. The molecule has 7 heteroatoms. The molecule has 1 aromatic heterocycles. The number of aryl methyl sites for hydroxylation is 3. The van der Waals surface area contributed by atoms with Gasteiger partial charge in [-0.3, -0.25) is 0 Å². The maximum atomic E-state index is 10.4.